The number of nitrogens with one attached hydrogen (secondary N) is 1. The predicted octanol–water partition coefficient (Wildman–Crippen LogP) is 4.76. The van der Waals surface area contributed by atoms with Crippen LogP contribution >= 0.6 is 11.3 Å². The molecule has 6 nitrogen and oxygen atoms in total. The molecule has 7 heteroatoms. The van der Waals surface area contributed by atoms with E-state index in [1.807, 2.05) is 67.6 Å². The number of rotatable bonds is 5. The molecule has 0 aliphatic heterocycles. The normalized spacial score (nSPS) is 10.7. The molecule has 0 saturated heterocycles. The summed E-state index contributed by atoms with van der Waals surface area (Å²) in [6.07, 6.45) is 1.54. The molecular formula is C22H18N4O2S. The molecule has 2 heterocycles. The molecule has 0 unspecified atom stereocenters. The van der Waals surface area contributed by atoms with E-state index >= 15 is 0 Å². The summed E-state index contributed by atoms with van der Waals surface area (Å²) in [4.78, 5) is 29.9. The molecule has 2 aromatic heterocycles. The fourth-order valence-electron chi connectivity index (χ4n) is 3.03. The SMILES string of the molecule is CC(=O)c1sc(NC(=O)c2cnn(-c3ccccc3)c2C)nc1-c1ccccc1. The molecule has 29 heavy (non-hydrogen) atoms. The number of thiazole rings is 1. The van der Waals surface area contributed by atoms with E-state index in [2.05, 4.69) is 15.4 Å². The van der Waals surface area contributed by atoms with Gasteiger partial charge in [-0.05, 0) is 19.1 Å². The molecule has 0 saturated carbocycles. The van der Waals surface area contributed by atoms with Gasteiger partial charge in [0.2, 0.25) is 0 Å². The first-order chi connectivity index (χ1) is 14.0. The van der Waals surface area contributed by atoms with Gasteiger partial charge in [0.15, 0.2) is 10.9 Å². The van der Waals surface area contributed by atoms with E-state index in [4.69, 9.17) is 0 Å². The Morgan fingerprint density at radius 3 is 2.31 bits per heavy atom. The largest absolute Gasteiger partial charge is 0.298 e. The van der Waals surface area contributed by atoms with E-state index in [0.717, 1.165) is 16.9 Å². The zero-order valence-electron chi connectivity index (χ0n) is 15.9. The fraction of sp³-hybridized carbons (Fsp3) is 0.0909. The maximum Gasteiger partial charge on any atom is 0.260 e. The molecule has 4 rings (SSSR count). The van der Waals surface area contributed by atoms with E-state index in [9.17, 15) is 9.59 Å². The molecular weight excluding hydrogens is 384 g/mol. The predicted molar refractivity (Wildman–Crippen MR) is 114 cm³/mol. The summed E-state index contributed by atoms with van der Waals surface area (Å²) in [5, 5.41) is 7.52. The van der Waals surface area contributed by atoms with Crippen LogP contribution in [0.4, 0.5) is 5.13 Å². The molecule has 0 spiro atoms. The van der Waals surface area contributed by atoms with Crippen molar-refractivity contribution in [3.05, 3.63) is 83.0 Å². The lowest BCUT2D eigenvalue weighted by atomic mass is 10.1. The third kappa shape index (κ3) is 3.72. The van der Waals surface area contributed by atoms with Crippen LogP contribution in [0.25, 0.3) is 16.9 Å². The lowest BCUT2D eigenvalue weighted by molar-refractivity contribution is 0.101. The summed E-state index contributed by atoms with van der Waals surface area (Å²) in [5.74, 6) is -0.400. The Hall–Kier alpha value is -3.58. The molecule has 4 aromatic rings. The number of nitrogens with zero attached hydrogens (tertiary/aromatic N) is 3. The number of amides is 1. The van der Waals surface area contributed by atoms with Crippen molar-refractivity contribution in [2.75, 3.05) is 5.32 Å². The highest BCUT2D eigenvalue weighted by Crippen LogP contribution is 2.31. The van der Waals surface area contributed by atoms with Gasteiger partial charge in [0, 0.05) is 12.5 Å². The molecule has 1 N–H and O–H groups in total. The number of carbonyl (C=O) groups is 2. The zero-order valence-corrected chi connectivity index (χ0v) is 16.7. The minimum absolute atomic E-state index is 0.0880. The van der Waals surface area contributed by atoms with Crippen LogP contribution in [0.3, 0.4) is 0 Å². The molecule has 1 amide bonds. The van der Waals surface area contributed by atoms with Crippen molar-refractivity contribution in [3.8, 4) is 16.9 Å². The fourth-order valence-corrected chi connectivity index (χ4v) is 3.91. The highest BCUT2D eigenvalue weighted by atomic mass is 32.1. The van der Waals surface area contributed by atoms with E-state index in [1.165, 1.54) is 24.5 Å². The van der Waals surface area contributed by atoms with Gasteiger partial charge in [-0.25, -0.2) is 9.67 Å². The number of anilines is 1. The summed E-state index contributed by atoms with van der Waals surface area (Å²) in [6, 6.07) is 19.1. The standard InChI is InChI=1S/C22H18N4O2S/c1-14-18(13-23-26(14)17-11-7-4-8-12-17)21(28)25-22-24-19(20(29-22)15(2)27)16-9-5-3-6-10-16/h3-13H,1-2H3,(H,24,25,28). The number of ketones is 1. The summed E-state index contributed by atoms with van der Waals surface area (Å²) in [6.45, 7) is 3.34. The van der Waals surface area contributed by atoms with E-state index < -0.39 is 0 Å². The van der Waals surface area contributed by atoms with Crippen molar-refractivity contribution < 1.29 is 9.59 Å². The second-order valence-electron chi connectivity index (χ2n) is 6.46. The van der Waals surface area contributed by atoms with Gasteiger partial charge >= 0.3 is 0 Å². The number of Topliss-reactive ketones (excluding diaryl/α,β-unsaturated/α-hetero) is 1. The van der Waals surface area contributed by atoms with Gasteiger partial charge in [-0.2, -0.15) is 5.10 Å². The van der Waals surface area contributed by atoms with Crippen molar-refractivity contribution in [1.82, 2.24) is 14.8 Å². The number of carbonyl (C=O) groups excluding carboxylic acids is 2. The van der Waals surface area contributed by atoms with Gasteiger partial charge < -0.3 is 0 Å². The lowest BCUT2D eigenvalue weighted by Crippen LogP contribution is -2.13. The van der Waals surface area contributed by atoms with Crippen molar-refractivity contribution in [3.63, 3.8) is 0 Å². The lowest BCUT2D eigenvalue weighted by Gasteiger charge is -2.05. The third-order valence-electron chi connectivity index (χ3n) is 4.47. The van der Waals surface area contributed by atoms with Crippen molar-refractivity contribution in [1.29, 1.82) is 0 Å². The molecule has 0 aliphatic rings. The number of benzene rings is 2. The second kappa shape index (κ2) is 7.81. The second-order valence-corrected chi connectivity index (χ2v) is 7.46. The van der Waals surface area contributed by atoms with Crippen LogP contribution in [0, 0.1) is 6.92 Å². The molecule has 0 atom stereocenters. The Kier molecular flexibility index (Phi) is 5.05. The highest BCUT2D eigenvalue weighted by Gasteiger charge is 2.20. The topological polar surface area (TPSA) is 76.9 Å². The third-order valence-corrected chi connectivity index (χ3v) is 5.54. The zero-order chi connectivity index (χ0) is 20.4. The van der Waals surface area contributed by atoms with Crippen molar-refractivity contribution in [2.45, 2.75) is 13.8 Å². The smallest absolute Gasteiger partial charge is 0.260 e. The molecule has 144 valence electrons. The van der Waals surface area contributed by atoms with Crippen LogP contribution in [0.15, 0.2) is 66.9 Å². The highest BCUT2D eigenvalue weighted by molar-refractivity contribution is 7.18. The number of hydrogen-bond acceptors (Lipinski definition) is 5. The molecule has 0 bridgehead atoms. The van der Waals surface area contributed by atoms with Crippen LogP contribution in [0.2, 0.25) is 0 Å². The van der Waals surface area contributed by atoms with E-state index in [-0.39, 0.29) is 11.7 Å². The Morgan fingerprint density at radius 1 is 1.00 bits per heavy atom. The minimum Gasteiger partial charge on any atom is -0.298 e. The van der Waals surface area contributed by atoms with Crippen molar-refractivity contribution >= 4 is 28.2 Å². The monoisotopic (exact) mass is 402 g/mol. The summed E-state index contributed by atoms with van der Waals surface area (Å²) >= 11 is 1.17. The minimum atomic E-state index is -0.312. The maximum absolute atomic E-state index is 12.8. The van der Waals surface area contributed by atoms with Crippen LogP contribution in [0.5, 0.6) is 0 Å². The summed E-state index contributed by atoms with van der Waals surface area (Å²) in [7, 11) is 0. The van der Waals surface area contributed by atoms with Crippen LogP contribution in [-0.4, -0.2) is 26.5 Å². The molecule has 0 aliphatic carbocycles. The Labute approximate surface area is 171 Å². The first kappa shape index (κ1) is 18.8. The average Bonchev–Trinajstić information content (AvgIpc) is 3.33. The number of aromatic nitrogens is 3. The first-order valence-electron chi connectivity index (χ1n) is 9.03. The van der Waals surface area contributed by atoms with Gasteiger partial charge in [0.25, 0.3) is 5.91 Å². The van der Waals surface area contributed by atoms with Gasteiger partial charge in [0.1, 0.15) is 0 Å². The van der Waals surface area contributed by atoms with Gasteiger partial charge in [-0.1, -0.05) is 59.9 Å². The molecule has 2 aromatic carbocycles. The summed E-state index contributed by atoms with van der Waals surface area (Å²) in [5.41, 5.74) is 3.47. The van der Waals surface area contributed by atoms with Gasteiger partial charge in [-0.15, -0.1) is 0 Å². The quantitative estimate of drug-likeness (QED) is 0.488. The Morgan fingerprint density at radius 2 is 1.66 bits per heavy atom. The van der Waals surface area contributed by atoms with Gasteiger partial charge in [-0.3, -0.25) is 14.9 Å². The Balaban J connectivity index is 1.63. The van der Waals surface area contributed by atoms with Crippen LogP contribution in [-0.2, 0) is 0 Å². The Bertz CT molecular complexity index is 1180. The average molecular weight is 402 g/mol. The van der Waals surface area contributed by atoms with E-state index in [1.54, 1.807) is 4.68 Å². The van der Waals surface area contributed by atoms with Crippen LogP contribution < -0.4 is 5.32 Å². The van der Waals surface area contributed by atoms with Crippen LogP contribution in [0.1, 0.15) is 32.6 Å². The molecule has 0 fully saturated rings. The maximum atomic E-state index is 12.8. The molecule has 0 radical (unpaired) electrons. The van der Waals surface area contributed by atoms with Gasteiger partial charge in [0.05, 0.1) is 33.7 Å². The number of para-hydroxylation sites is 1. The van der Waals surface area contributed by atoms with E-state index in [0.29, 0.717) is 21.3 Å². The summed E-state index contributed by atoms with van der Waals surface area (Å²) < 4.78 is 1.72. The van der Waals surface area contributed by atoms with Crippen molar-refractivity contribution in [2.24, 2.45) is 0 Å². The first-order valence-corrected chi connectivity index (χ1v) is 9.85. The number of hydrogen-bond donors (Lipinski definition) is 1.